The fourth-order valence-corrected chi connectivity index (χ4v) is 3.15. The summed E-state index contributed by atoms with van der Waals surface area (Å²) in [5.74, 6) is 1.16. The third kappa shape index (κ3) is 4.60. The Morgan fingerprint density at radius 1 is 1.38 bits per heavy atom. The van der Waals surface area contributed by atoms with Gasteiger partial charge in [0.05, 0.1) is 0 Å². The van der Waals surface area contributed by atoms with Gasteiger partial charge in [-0.05, 0) is 44.7 Å². The van der Waals surface area contributed by atoms with Gasteiger partial charge in [0.1, 0.15) is 11.0 Å². The van der Waals surface area contributed by atoms with Gasteiger partial charge in [-0.25, -0.2) is 4.98 Å². The van der Waals surface area contributed by atoms with Crippen molar-refractivity contribution in [2.24, 2.45) is 5.92 Å². The number of hydrogen-bond donors (Lipinski definition) is 2. The van der Waals surface area contributed by atoms with E-state index in [-0.39, 0.29) is 11.9 Å². The Balaban J connectivity index is 2.01. The Morgan fingerprint density at radius 3 is 2.76 bits per heavy atom. The highest BCUT2D eigenvalue weighted by Crippen LogP contribution is 2.26. The van der Waals surface area contributed by atoms with Gasteiger partial charge in [-0.1, -0.05) is 30.9 Å². The SMILES string of the molecule is CCNc1cc(C(=O)NC(C)C2CCCCC2)cc(Cl)n1. The minimum atomic E-state index is -0.0727. The number of aromatic nitrogens is 1. The Labute approximate surface area is 131 Å². The van der Waals surface area contributed by atoms with Gasteiger partial charge in [-0.2, -0.15) is 0 Å². The standard InChI is InChI=1S/C16H24ClN3O/c1-3-18-15-10-13(9-14(17)20-15)16(21)19-11(2)12-7-5-4-6-8-12/h9-12H,3-8H2,1-2H3,(H,18,20)(H,19,21). The molecule has 2 N–H and O–H groups in total. The molecule has 1 aromatic rings. The van der Waals surface area contributed by atoms with Crippen LogP contribution in [0.1, 0.15) is 56.3 Å². The third-order valence-corrected chi connectivity index (χ3v) is 4.32. The van der Waals surface area contributed by atoms with Crippen LogP contribution >= 0.6 is 11.6 Å². The molecule has 1 aliphatic rings. The Hall–Kier alpha value is -1.29. The zero-order valence-electron chi connectivity index (χ0n) is 12.8. The average Bonchev–Trinajstić information content (AvgIpc) is 2.48. The zero-order valence-corrected chi connectivity index (χ0v) is 13.5. The molecule has 0 aromatic carbocycles. The molecular weight excluding hydrogens is 286 g/mol. The molecule has 116 valence electrons. The molecule has 4 nitrogen and oxygen atoms in total. The van der Waals surface area contributed by atoms with E-state index in [2.05, 4.69) is 22.5 Å². The van der Waals surface area contributed by atoms with E-state index in [9.17, 15) is 4.79 Å². The molecule has 1 amide bonds. The van der Waals surface area contributed by atoms with Gasteiger partial charge in [0, 0.05) is 18.2 Å². The van der Waals surface area contributed by atoms with Crippen molar-refractivity contribution in [1.82, 2.24) is 10.3 Å². The molecule has 0 saturated heterocycles. The smallest absolute Gasteiger partial charge is 0.251 e. The number of hydrogen-bond acceptors (Lipinski definition) is 3. The molecule has 1 unspecified atom stereocenters. The number of nitrogens with one attached hydrogen (secondary N) is 2. The molecule has 5 heteroatoms. The maximum absolute atomic E-state index is 12.4. The highest BCUT2D eigenvalue weighted by Gasteiger charge is 2.22. The lowest BCUT2D eigenvalue weighted by atomic mass is 9.84. The number of amides is 1. The molecule has 21 heavy (non-hydrogen) atoms. The van der Waals surface area contributed by atoms with Gasteiger partial charge in [0.15, 0.2) is 0 Å². The predicted molar refractivity (Wildman–Crippen MR) is 86.9 cm³/mol. The molecule has 0 radical (unpaired) electrons. The highest BCUT2D eigenvalue weighted by atomic mass is 35.5. The summed E-state index contributed by atoms with van der Waals surface area (Å²) in [6.45, 7) is 4.82. The second-order valence-corrected chi connectivity index (χ2v) is 6.14. The summed E-state index contributed by atoms with van der Waals surface area (Å²) in [5, 5.41) is 6.53. The topological polar surface area (TPSA) is 54.0 Å². The van der Waals surface area contributed by atoms with Crippen LogP contribution in [0.5, 0.6) is 0 Å². The summed E-state index contributed by atoms with van der Waals surface area (Å²) in [6, 6.07) is 3.57. The molecule has 0 spiro atoms. The summed E-state index contributed by atoms with van der Waals surface area (Å²) >= 11 is 5.98. The van der Waals surface area contributed by atoms with Crippen LogP contribution in [0, 0.1) is 5.92 Å². The number of halogens is 1. The van der Waals surface area contributed by atoms with Crippen molar-refractivity contribution < 1.29 is 4.79 Å². The van der Waals surface area contributed by atoms with Crippen LogP contribution in [0.4, 0.5) is 5.82 Å². The third-order valence-electron chi connectivity index (χ3n) is 4.13. The largest absolute Gasteiger partial charge is 0.370 e. The predicted octanol–water partition coefficient (Wildman–Crippen LogP) is 3.87. The number of carbonyl (C=O) groups excluding carboxylic acids is 1. The molecule has 1 saturated carbocycles. The maximum atomic E-state index is 12.4. The van der Waals surface area contributed by atoms with Crippen molar-refractivity contribution >= 4 is 23.3 Å². The second kappa shape index (κ2) is 7.64. The molecule has 2 rings (SSSR count). The van der Waals surface area contributed by atoms with Crippen LogP contribution in [0.25, 0.3) is 0 Å². The van der Waals surface area contributed by atoms with Crippen LogP contribution < -0.4 is 10.6 Å². The number of rotatable bonds is 5. The number of anilines is 1. The van der Waals surface area contributed by atoms with Crippen LogP contribution in [-0.4, -0.2) is 23.5 Å². The lowest BCUT2D eigenvalue weighted by molar-refractivity contribution is 0.0919. The molecular formula is C16H24ClN3O. The van der Waals surface area contributed by atoms with Crippen molar-refractivity contribution in [3.63, 3.8) is 0 Å². The van der Waals surface area contributed by atoms with E-state index in [4.69, 9.17) is 11.6 Å². The molecule has 1 fully saturated rings. The molecule has 1 aliphatic carbocycles. The first-order chi connectivity index (χ1) is 10.1. The second-order valence-electron chi connectivity index (χ2n) is 5.75. The van der Waals surface area contributed by atoms with Crippen molar-refractivity contribution in [2.45, 2.75) is 52.0 Å². The first-order valence-electron chi connectivity index (χ1n) is 7.82. The van der Waals surface area contributed by atoms with Crippen LogP contribution in [0.15, 0.2) is 12.1 Å². The van der Waals surface area contributed by atoms with E-state index < -0.39 is 0 Å². The van der Waals surface area contributed by atoms with Crippen LogP contribution in [0.2, 0.25) is 5.15 Å². The quantitative estimate of drug-likeness (QED) is 0.812. The zero-order chi connectivity index (χ0) is 15.2. The van der Waals surface area contributed by atoms with Gasteiger partial charge in [-0.3, -0.25) is 4.79 Å². The maximum Gasteiger partial charge on any atom is 0.251 e. The number of carbonyl (C=O) groups is 1. The van der Waals surface area contributed by atoms with Gasteiger partial charge in [0.2, 0.25) is 0 Å². The molecule has 1 atom stereocenters. The molecule has 1 aromatic heterocycles. The van der Waals surface area contributed by atoms with Crippen LogP contribution in [-0.2, 0) is 0 Å². The minimum Gasteiger partial charge on any atom is -0.370 e. The fraction of sp³-hybridized carbons (Fsp3) is 0.625. The summed E-state index contributed by atoms with van der Waals surface area (Å²) in [5.41, 5.74) is 0.564. The Morgan fingerprint density at radius 2 is 2.10 bits per heavy atom. The lowest BCUT2D eigenvalue weighted by Gasteiger charge is -2.28. The summed E-state index contributed by atoms with van der Waals surface area (Å²) < 4.78 is 0. The summed E-state index contributed by atoms with van der Waals surface area (Å²) in [4.78, 5) is 16.5. The van der Waals surface area contributed by atoms with E-state index >= 15 is 0 Å². The molecule has 0 bridgehead atoms. The van der Waals surface area contributed by atoms with Crippen molar-refractivity contribution in [3.05, 3.63) is 22.8 Å². The average molecular weight is 310 g/mol. The van der Waals surface area contributed by atoms with E-state index in [0.29, 0.717) is 22.5 Å². The Kier molecular flexibility index (Phi) is 5.85. The number of pyridine rings is 1. The van der Waals surface area contributed by atoms with Crippen molar-refractivity contribution in [3.8, 4) is 0 Å². The normalized spacial score (nSPS) is 17.3. The summed E-state index contributed by atoms with van der Waals surface area (Å²) in [6.07, 6.45) is 6.29. The van der Waals surface area contributed by atoms with Crippen LogP contribution in [0.3, 0.4) is 0 Å². The molecule has 1 heterocycles. The van der Waals surface area contributed by atoms with E-state index in [1.807, 2.05) is 6.92 Å². The first kappa shape index (κ1) is 16.1. The Bertz CT molecular complexity index is 486. The van der Waals surface area contributed by atoms with E-state index in [0.717, 1.165) is 6.54 Å². The van der Waals surface area contributed by atoms with Gasteiger partial charge >= 0.3 is 0 Å². The van der Waals surface area contributed by atoms with Gasteiger partial charge in [0.25, 0.3) is 5.91 Å². The van der Waals surface area contributed by atoms with E-state index in [1.165, 1.54) is 32.1 Å². The monoisotopic (exact) mass is 309 g/mol. The lowest BCUT2D eigenvalue weighted by Crippen LogP contribution is -2.38. The van der Waals surface area contributed by atoms with Gasteiger partial charge < -0.3 is 10.6 Å². The summed E-state index contributed by atoms with van der Waals surface area (Å²) in [7, 11) is 0. The van der Waals surface area contributed by atoms with Crippen molar-refractivity contribution in [2.75, 3.05) is 11.9 Å². The highest BCUT2D eigenvalue weighted by molar-refractivity contribution is 6.29. The minimum absolute atomic E-state index is 0.0727. The number of nitrogens with zero attached hydrogens (tertiary/aromatic N) is 1. The van der Waals surface area contributed by atoms with E-state index in [1.54, 1.807) is 12.1 Å². The van der Waals surface area contributed by atoms with Crippen molar-refractivity contribution in [1.29, 1.82) is 0 Å². The fourth-order valence-electron chi connectivity index (χ4n) is 2.94. The molecule has 0 aliphatic heterocycles. The van der Waals surface area contributed by atoms with Gasteiger partial charge in [-0.15, -0.1) is 0 Å². The first-order valence-corrected chi connectivity index (χ1v) is 8.20.